The van der Waals surface area contributed by atoms with E-state index in [1.165, 1.54) is 30.1 Å². The molecule has 9 nitrogen and oxygen atoms in total. The van der Waals surface area contributed by atoms with Crippen molar-refractivity contribution < 1.29 is 37.0 Å². The molecule has 4 rings (SSSR count). The molecule has 2 aliphatic heterocycles. The summed E-state index contributed by atoms with van der Waals surface area (Å²) in [5, 5.41) is 2.56. The number of carbonyl (C=O) groups excluding carboxylic acids is 3. The molecule has 1 N–H and O–H groups in total. The molecule has 0 aromatic heterocycles. The first-order valence-electron chi connectivity index (χ1n) is 13.3. The van der Waals surface area contributed by atoms with Gasteiger partial charge in [-0.3, -0.25) is 14.6 Å². The summed E-state index contributed by atoms with van der Waals surface area (Å²) in [5.41, 5.74) is -0.459. The van der Waals surface area contributed by atoms with Crippen molar-refractivity contribution in [2.24, 2.45) is 0 Å². The lowest BCUT2D eigenvalue weighted by atomic mass is 9.90. The monoisotopic (exact) mass is 574 g/mol. The van der Waals surface area contributed by atoms with Gasteiger partial charge < -0.3 is 19.7 Å². The molecule has 1 fully saturated rings. The molecule has 41 heavy (non-hydrogen) atoms. The quantitative estimate of drug-likeness (QED) is 0.502. The van der Waals surface area contributed by atoms with Crippen LogP contribution in [0.15, 0.2) is 59.8 Å². The summed E-state index contributed by atoms with van der Waals surface area (Å²) in [4.78, 5) is 44.3. The first-order chi connectivity index (χ1) is 19.5. The van der Waals surface area contributed by atoms with Crippen LogP contribution in [0, 0.1) is 0 Å². The second-order valence-electron chi connectivity index (χ2n) is 9.76. The Bertz CT molecular complexity index is 1310. The Kier molecular flexibility index (Phi) is 9.21. The minimum Gasteiger partial charge on any atom is -0.497 e. The number of likely N-dealkylation sites (N-methyl/N-ethyl adjacent to an activating group) is 1. The van der Waals surface area contributed by atoms with Gasteiger partial charge in [0.15, 0.2) is 0 Å². The molecule has 0 saturated carbocycles. The second-order valence-corrected chi connectivity index (χ2v) is 9.76. The number of amides is 3. The van der Waals surface area contributed by atoms with Crippen molar-refractivity contribution in [2.45, 2.75) is 25.6 Å². The Balaban J connectivity index is 1.63. The number of rotatable bonds is 7. The van der Waals surface area contributed by atoms with Gasteiger partial charge in [-0.2, -0.15) is 13.2 Å². The van der Waals surface area contributed by atoms with E-state index in [2.05, 4.69) is 5.32 Å². The van der Waals surface area contributed by atoms with Crippen molar-refractivity contribution in [1.82, 2.24) is 20.0 Å². The minimum absolute atomic E-state index is 0.00700. The van der Waals surface area contributed by atoms with Crippen LogP contribution in [-0.2, 0) is 15.7 Å². The molecule has 0 radical (unpaired) electrons. The summed E-state index contributed by atoms with van der Waals surface area (Å²) >= 11 is 0. The maximum atomic E-state index is 13.9. The minimum atomic E-state index is -4.70. The number of hydrogen-bond donors (Lipinski definition) is 1. The number of carbonyl (C=O) groups is 3. The van der Waals surface area contributed by atoms with Gasteiger partial charge in [0, 0.05) is 51.0 Å². The Labute approximate surface area is 236 Å². The number of halogens is 3. The molecule has 2 heterocycles. The van der Waals surface area contributed by atoms with Crippen molar-refractivity contribution in [3.05, 3.63) is 76.5 Å². The van der Waals surface area contributed by atoms with Crippen LogP contribution in [-0.4, -0.2) is 86.1 Å². The third kappa shape index (κ3) is 6.64. The van der Waals surface area contributed by atoms with Gasteiger partial charge in [0.25, 0.3) is 5.91 Å². The number of ether oxygens (including phenoxy) is 2. The van der Waals surface area contributed by atoms with Crippen molar-refractivity contribution in [1.29, 1.82) is 0 Å². The van der Waals surface area contributed by atoms with Crippen LogP contribution in [0.4, 0.5) is 18.0 Å². The van der Waals surface area contributed by atoms with Crippen LogP contribution in [0.1, 0.15) is 40.9 Å². The van der Waals surface area contributed by atoms with E-state index in [9.17, 15) is 27.6 Å². The zero-order chi connectivity index (χ0) is 29.7. The number of hydrogen-bond acceptors (Lipinski definition) is 6. The van der Waals surface area contributed by atoms with Crippen LogP contribution in [0.2, 0.25) is 0 Å². The maximum Gasteiger partial charge on any atom is 0.416 e. The van der Waals surface area contributed by atoms with Crippen LogP contribution < -0.4 is 10.1 Å². The number of nitrogens with zero attached hydrogens (tertiary/aromatic N) is 3. The van der Waals surface area contributed by atoms with E-state index in [0.29, 0.717) is 43.9 Å². The highest BCUT2D eigenvalue weighted by molar-refractivity contribution is 5.95. The molecule has 1 atom stereocenters. The molecule has 0 spiro atoms. The van der Waals surface area contributed by atoms with Gasteiger partial charge in [-0.15, -0.1) is 0 Å². The molecule has 2 aromatic carbocycles. The molecule has 2 aliphatic rings. The fraction of sp³-hybridized carbons (Fsp3) is 0.414. The van der Waals surface area contributed by atoms with Crippen molar-refractivity contribution in [3.8, 4) is 5.75 Å². The van der Waals surface area contributed by atoms with E-state index < -0.39 is 29.8 Å². The number of esters is 1. The molecular weight excluding hydrogens is 541 g/mol. The molecule has 12 heteroatoms. The summed E-state index contributed by atoms with van der Waals surface area (Å²) < 4.78 is 52.2. The molecule has 0 aliphatic carbocycles. The number of benzene rings is 2. The zero-order valence-electron chi connectivity index (χ0n) is 23.2. The highest BCUT2D eigenvalue weighted by Gasteiger charge is 2.42. The Morgan fingerprint density at radius 3 is 2.39 bits per heavy atom. The molecule has 0 bridgehead atoms. The van der Waals surface area contributed by atoms with Crippen LogP contribution in [0.3, 0.4) is 0 Å². The van der Waals surface area contributed by atoms with E-state index in [1.54, 1.807) is 43.2 Å². The topological polar surface area (TPSA) is 91.4 Å². The SMILES string of the molecule is CCOC(=O)C1=C(CN2CCCN(C(=O)c3ccc(OC)cc3)CC2)N(C)C(=O)N[C@@H]1c1ccccc1C(F)(F)F. The average Bonchev–Trinajstić information content (AvgIpc) is 3.20. The molecule has 0 unspecified atom stereocenters. The van der Waals surface area contributed by atoms with Gasteiger partial charge in [-0.05, 0) is 49.2 Å². The number of urea groups is 1. The number of methoxy groups -OCH3 is 1. The highest BCUT2D eigenvalue weighted by atomic mass is 19.4. The van der Waals surface area contributed by atoms with Crippen molar-refractivity contribution in [2.75, 3.05) is 53.5 Å². The van der Waals surface area contributed by atoms with Crippen LogP contribution in [0.25, 0.3) is 0 Å². The lowest BCUT2D eigenvalue weighted by molar-refractivity contribution is -0.141. The third-order valence-corrected chi connectivity index (χ3v) is 7.24. The fourth-order valence-electron chi connectivity index (χ4n) is 5.10. The maximum absolute atomic E-state index is 13.9. The fourth-order valence-corrected chi connectivity index (χ4v) is 5.10. The molecule has 3 amide bonds. The lowest BCUT2D eigenvalue weighted by Gasteiger charge is -2.37. The number of alkyl halides is 3. The highest BCUT2D eigenvalue weighted by Crippen LogP contribution is 2.39. The van der Waals surface area contributed by atoms with Crippen molar-refractivity contribution >= 4 is 17.9 Å². The average molecular weight is 575 g/mol. The summed E-state index contributed by atoms with van der Waals surface area (Å²) in [6, 6.07) is 9.72. The third-order valence-electron chi connectivity index (χ3n) is 7.24. The van der Waals surface area contributed by atoms with Crippen LogP contribution >= 0.6 is 0 Å². The van der Waals surface area contributed by atoms with E-state index in [4.69, 9.17) is 9.47 Å². The predicted molar refractivity (Wildman–Crippen MR) is 144 cm³/mol. The van der Waals surface area contributed by atoms with E-state index >= 15 is 0 Å². The van der Waals surface area contributed by atoms with E-state index in [1.807, 2.05) is 4.90 Å². The summed E-state index contributed by atoms with van der Waals surface area (Å²) in [6.45, 7) is 3.59. The second kappa shape index (κ2) is 12.6. The molecule has 2 aromatic rings. The van der Waals surface area contributed by atoms with Gasteiger partial charge in [0.1, 0.15) is 5.75 Å². The van der Waals surface area contributed by atoms with Gasteiger partial charge in [-0.1, -0.05) is 18.2 Å². The predicted octanol–water partition coefficient (Wildman–Crippen LogP) is 4.08. The zero-order valence-corrected chi connectivity index (χ0v) is 23.2. The molecular formula is C29H33F3N4O5. The normalized spacial score (nSPS) is 18.6. The van der Waals surface area contributed by atoms with Crippen molar-refractivity contribution in [3.63, 3.8) is 0 Å². The first-order valence-corrected chi connectivity index (χ1v) is 13.3. The first kappa shape index (κ1) is 29.9. The van der Waals surface area contributed by atoms with Crippen LogP contribution in [0.5, 0.6) is 5.75 Å². The van der Waals surface area contributed by atoms with E-state index in [-0.39, 0.29) is 35.9 Å². The van der Waals surface area contributed by atoms with E-state index in [0.717, 1.165) is 6.07 Å². The Hall–Kier alpha value is -4.06. The molecule has 1 saturated heterocycles. The molecule has 220 valence electrons. The van der Waals surface area contributed by atoms with Gasteiger partial charge in [0.2, 0.25) is 0 Å². The largest absolute Gasteiger partial charge is 0.497 e. The van der Waals surface area contributed by atoms with Gasteiger partial charge >= 0.3 is 18.2 Å². The Morgan fingerprint density at radius 1 is 1.02 bits per heavy atom. The lowest BCUT2D eigenvalue weighted by Crippen LogP contribution is -2.50. The smallest absolute Gasteiger partial charge is 0.416 e. The standard InChI is InChI=1S/C29H33F3N4O5/c1-4-41-27(38)24-23(34(2)28(39)33-25(24)21-8-5-6-9-22(21)29(30,31)32)18-35-14-7-15-36(17-16-35)26(37)19-10-12-20(40-3)13-11-19/h5-6,8-13,25H,4,7,14-18H2,1-3H3,(H,33,39)/t25-/m1/s1. The summed E-state index contributed by atoms with van der Waals surface area (Å²) in [6.07, 6.45) is -4.07. The summed E-state index contributed by atoms with van der Waals surface area (Å²) in [7, 11) is 3.01. The summed E-state index contributed by atoms with van der Waals surface area (Å²) in [5.74, 6) is -0.285. The van der Waals surface area contributed by atoms with Gasteiger partial charge in [-0.25, -0.2) is 9.59 Å². The Morgan fingerprint density at radius 2 is 1.73 bits per heavy atom. The van der Waals surface area contributed by atoms with Gasteiger partial charge in [0.05, 0.1) is 30.9 Å². The number of nitrogens with one attached hydrogen (secondary N) is 1.